The molecule has 5 nitrogen and oxygen atoms in total. The zero-order valence-electron chi connectivity index (χ0n) is 14.1. The van der Waals surface area contributed by atoms with Crippen molar-refractivity contribution in [1.82, 2.24) is 0 Å². The Balaban J connectivity index is 1.65. The second-order valence-electron chi connectivity index (χ2n) is 6.73. The fraction of sp³-hybridized carbons (Fsp3) is 0.889. The van der Waals surface area contributed by atoms with Crippen LogP contribution in [-0.4, -0.2) is 49.2 Å². The van der Waals surface area contributed by atoms with Crippen LogP contribution in [0.5, 0.6) is 0 Å². The van der Waals surface area contributed by atoms with Crippen LogP contribution < -0.4 is 0 Å². The lowest BCUT2D eigenvalue weighted by Crippen LogP contribution is -2.40. The Labute approximate surface area is 138 Å². The maximum atomic E-state index is 10.7. The number of aliphatic hydroxyl groups excluding tert-OH is 1. The first-order valence-corrected chi connectivity index (χ1v) is 8.85. The molecular weight excluding hydrogens is 296 g/mol. The minimum absolute atomic E-state index is 0.251. The minimum Gasteiger partial charge on any atom is -0.389 e. The van der Waals surface area contributed by atoms with E-state index in [0.29, 0.717) is 6.61 Å². The number of rotatable bonds is 3. The molecular formula is C18H28O5. The van der Waals surface area contributed by atoms with Crippen molar-refractivity contribution in [3.8, 4) is 11.8 Å². The van der Waals surface area contributed by atoms with E-state index in [-0.39, 0.29) is 12.0 Å². The third kappa shape index (κ3) is 3.57. The summed E-state index contributed by atoms with van der Waals surface area (Å²) in [7, 11) is 1.59. The Morgan fingerprint density at radius 3 is 2.74 bits per heavy atom. The van der Waals surface area contributed by atoms with E-state index in [4.69, 9.17) is 18.9 Å². The fourth-order valence-electron chi connectivity index (χ4n) is 3.76. The first-order chi connectivity index (χ1) is 11.2. The van der Waals surface area contributed by atoms with Crippen LogP contribution in [0.15, 0.2) is 0 Å². The average molecular weight is 324 g/mol. The molecule has 23 heavy (non-hydrogen) atoms. The molecule has 2 heterocycles. The summed E-state index contributed by atoms with van der Waals surface area (Å²) in [6.07, 6.45) is 5.26. The van der Waals surface area contributed by atoms with Crippen molar-refractivity contribution in [1.29, 1.82) is 0 Å². The van der Waals surface area contributed by atoms with Crippen LogP contribution in [-0.2, 0) is 18.9 Å². The van der Waals surface area contributed by atoms with Gasteiger partial charge in [0, 0.05) is 26.4 Å². The van der Waals surface area contributed by atoms with Gasteiger partial charge >= 0.3 is 0 Å². The second kappa shape index (κ2) is 7.50. The van der Waals surface area contributed by atoms with E-state index in [0.717, 1.165) is 38.5 Å². The van der Waals surface area contributed by atoms with E-state index < -0.39 is 24.3 Å². The molecule has 1 aliphatic carbocycles. The number of methoxy groups -OCH3 is 1. The summed E-state index contributed by atoms with van der Waals surface area (Å²) >= 11 is 0. The van der Waals surface area contributed by atoms with Crippen molar-refractivity contribution >= 4 is 0 Å². The predicted molar refractivity (Wildman–Crippen MR) is 84.5 cm³/mol. The van der Waals surface area contributed by atoms with Gasteiger partial charge in [0.1, 0.15) is 18.3 Å². The molecule has 0 unspecified atom stereocenters. The molecule has 5 atom stereocenters. The molecule has 0 aromatic carbocycles. The highest BCUT2D eigenvalue weighted by molar-refractivity contribution is 5.12. The van der Waals surface area contributed by atoms with Crippen molar-refractivity contribution in [2.45, 2.75) is 82.3 Å². The van der Waals surface area contributed by atoms with Crippen LogP contribution in [0.2, 0.25) is 0 Å². The van der Waals surface area contributed by atoms with Crippen molar-refractivity contribution in [2.75, 3.05) is 13.7 Å². The molecule has 2 saturated heterocycles. The molecule has 0 bridgehead atoms. The molecule has 0 aromatic heterocycles. The summed E-state index contributed by atoms with van der Waals surface area (Å²) in [5.41, 5.74) is 0. The summed E-state index contributed by atoms with van der Waals surface area (Å²) in [5, 5.41) is 10.7. The van der Waals surface area contributed by atoms with Gasteiger partial charge in [0.25, 0.3) is 0 Å². The van der Waals surface area contributed by atoms with Crippen LogP contribution in [0, 0.1) is 17.8 Å². The Hall–Kier alpha value is -0.640. The van der Waals surface area contributed by atoms with E-state index in [1.165, 1.54) is 6.42 Å². The highest BCUT2D eigenvalue weighted by atomic mass is 16.8. The molecule has 0 aromatic rings. The quantitative estimate of drug-likeness (QED) is 0.807. The SMILES string of the molecule is CCCC#C[C@@H]1[C@@H](OC)O[C@H]([C@H]2COC3(CCCCC3)O2)[C@H]1O. The summed E-state index contributed by atoms with van der Waals surface area (Å²) in [6.45, 7) is 2.55. The summed E-state index contributed by atoms with van der Waals surface area (Å²) < 4.78 is 23.4. The average Bonchev–Trinajstić information content (AvgIpc) is 3.10. The number of hydrogen-bond acceptors (Lipinski definition) is 5. The van der Waals surface area contributed by atoms with E-state index in [1.54, 1.807) is 7.11 Å². The minimum atomic E-state index is -0.711. The van der Waals surface area contributed by atoms with Gasteiger partial charge in [-0.25, -0.2) is 0 Å². The highest BCUT2D eigenvalue weighted by Gasteiger charge is 2.52. The third-order valence-corrected chi connectivity index (χ3v) is 5.02. The number of unbranched alkanes of at least 4 members (excludes halogenated alkanes) is 1. The summed E-state index contributed by atoms with van der Waals surface area (Å²) in [6, 6.07) is 0. The van der Waals surface area contributed by atoms with Gasteiger partial charge in [0.15, 0.2) is 12.1 Å². The lowest BCUT2D eigenvalue weighted by molar-refractivity contribution is -0.209. The predicted octanol–water partition coefficient (Wildman–Crippen LogP) is 2.21. The number of aliphatic hydroxyl groups is 1. The summed E-state index contributed by atoms with van der Waals surface area (Å²) in [5.74, 6) is 5.42. The highest BCUT2D eigenvalue weighted by Crippen LogP contribution is 2.41. The second-order valence-corrected chi connectivity index (χ2v) is 6.73. The monoisotopic (exact) mass is 324 g/mol. The third-order valence-electron chi connectivity index (χ3n) is 5.02. The van der Waals surface area contributed by atoms with Gasteiger partial charge in [-0.05, 0) is 19.3 Å². The van der Waals surface area contributed by atoms with Crippen LogP contribution in [0.25, 0.3) is 0 Å². The molecule has 1 spiro atoms. The van der Waals surface area contributed by atoms with Gasteiger partial charge in [-0.2, -0.15) is 0 Å². The van der Waals surface area contributed by atoms with Crippen molar-refractivity contribution in [3.05, 3.63) is 0 Å². The van der Waals surface area contributed by atoms with E-state index >= 15 is 0 Å². The standard InChI is InChI=1S/C18H28O5/c1-3-4-6-9-13-15(19)16(22-17(13)20-2)14-12-21-18(23-14)10-7-5-8-11-18/h13-17,19H,3-5,7-8,10-12H2,1-2H3/t13-,14+,15-,16+,17-/m0/s1. The number of ether oxygens (including phenoxy) is 4. The molecule has 5 heteroatoms. The van der Waals surface area contributed by atoms with E-state index in [9.17, 15) is 5.11 Å². The van der Waals surface area contributed by atoms with Crippen LogP contribution in [0.3, 0.4) is 0 Å². The lowest BCUT2D eigenvalue weighted by Gasteiger charge is -2.32. The largest absolute Gasteiger partial charge is 0.389 e. The molecule has 0 radical (unpaired) electrons. The van der Waals surface area contributed by atoms with Crippen LogP contribution in [0.4, 0.5) is 0 Å². The maximum absolute atomic E-state index is 10.7. The van der Waals surface area contributed by atoms with Crippen LogP contribution >= 0.6 is 0 Å². The van der Waals surface area contributed by atoms with Gasteiger partial charge in [0.2, 0.25) is 0 Å². The topological polar surface area (TPSA) is 57.2 Å². The lowest BCUT2D eigenvalue weighted by atomic mass is 9.94. The van der Waals surface area contributed by atoms with E-state index in [1.807, 2.05) is 0 Å². The Morgan fingerprint density at radius 2 is 2.04 bits per heavy atom. The van der Waals surface area contributed by atoms with Gasteiger partial charge in [-0.3, -0.25) is 0 Å². The van der Waals surface area contributed by atoms with E-state index in [2.05, 4.69) is 18.8 Å². The van der Waals surface area contributed by atoms with Gasteiger partial charge in [0.05, 0.1) is 12.5 Å². The molecule has 3 aliphatic rings. The first-order valence-electron chi connectivity index (χ1n) is 8.85. The maximum Gasteiger partial charge on any atom is 0.174 e. The Bertz CT molecular complexity index is 448. The molecule has 3 fully saturated rings. The van der Waals surface area contributed by atoms with Gasteiger partial charge < -0.3 is 24.1 Å². The van der Waals surface area contributed by atoms with Gasteiger partial charge in [-0.15, -0.1) is 5.92 Å². The smallest absolute Gasteiger partial charge is 0.174 e. The molecule has 130 valence electrons. The van der Waals surface area contributed by atoms with Gasteiger partial charge in [-0.1, -0.05) is 19.3 Å². The zero-order valence-corrected chi connectivity index (χ0v) is 14.1. The zero-order chi connectivity index (χ0) is 16.3. The Kier molecular flexibility index (Phi) is 5.61. The summed E-state index contributed by atoms with van der Waals surface area (Å²) in [4.78, 5) is 0. The first kappa shape index (κ1) is 17.2. The van der Waals surface area contributed by atoms with Crippen LogP contribution in [0.1, 0.15) is 51.9 Å². The number of hydrogen-bond donors (Lipinski definition) is 1. The molecule has 3 rings (SSSR count). The van der Waals surface area contributed by atoms with Crippen molar-refractivity contribution in [2.24, 2.45) is 5.92 Å². The molecule has 0 amide bonds. The Morgan fingerprint density at radius 1 is 1.26 bits per heavy atom. The molecule has 1 saturated carbocycles. The molecule has 1 N–H and O–H groups in total. The van der Waals surface area contributed by atoms with Crippen molar-refractivity contribution < 1.29 is 24.1 Å². The normalized spacial score (nSPS) is 39.3. The van der Waals surface area contributed by atoms with Crippen molar-refractivity contribution in [3.63, 3.8) is 0 Å². The fourth-order valence-corrected chi connectivity index (χ4v) is 3.76. The molecule has 2 aliphatic heterocycles.